The Hall–Kier alpha value is -0.660. The highest BCUT2D eigenvalue weighted by molar-refractivity contribution is 14.0. The molecule has 0 radical (unpaired) electrons. The number of piperazine rings is 1. The van der Waals surface area contributed by atoms with Crippen LogP contribution in [0.25, 0.3) is 0 Å². The SMILES string of the molecule is CCNC(=NCCCNS(C)(=O)=O)N1CCN(C(C)C(=O)N2CCCC2)CC1.I. The maximum Gasteiger partial charge on any atom is 0.239 e. The number of amides is 1. The third kappa shape index (κ3) is 8.93. The van der Waals surface area contributed by atoms with Crippen molar-refractivity contribution < 1.29 is 13.2 Å². The fraction of sp³-hybridized carbons (Fsp3) is 0.889. The highest BCUT2D eigenvalue weighted by atomic mass is 127. The molecule has 0 aromatic carbocycles. The Morgan fingerprint density at radius 2 is 1.69 bits per heavy atom. The van der Waals surface area contributed by atoms with Crippen molar-refractivity contribution in [3.05, 3.63) is 0 Å². The fourth-order valence-electron chi connectivity index (χ4n) is 3.63. The first-order valence-electron chi connectivity index (χ1n) is 10.3. The van der Waals surface area contributed by atoms with E-state index in [0.717, 1.165) is 70.9 Å². The van der Waals surface area contributed by atoms with Gasteiger partial charge in [0, 0.05) is 58.9 Å². The molecule has 0 saturated carbocycles. The zero-order valence-corrected chi connectivity index (χ0v) is 21.0. The Labute approximate surface area is 192 Å². The highest BCUT2D eigenvalue weighted by Crippen LogP contribution is 2.14. The lowest BCUT2D eigenvalue weighted by Crippen LogP contribution is -2.57. The van der Waals surface area contributed by atoms with Crippen LogP contribution in [-0.2, 0) is 14.8 Å². The predicted molar refractivity (Wildman–Crippen MR) is 127 cm³/mol. The van der Waals surface area contributed by atoms with Crippen molar-refractivity contribution in [2.24, 2.45) is 4.99 Å². The number of hydrogen-bond donors (Lipinski definition) is 2. The van der Waals surface area contributed by atoms with Gasteiger partial charge in [-0.2, -0.15) is 0 Å². The Morgan fingerprint density at radius 1 is 1.07 bits per heavy atom. The van der Waals surface area contributed by atoms with Gasteiger partial charge in [0.1, 0.15) is 0 Å². The highest BCUT2D eigenvalue weighted by Gasteiger charge is 2.30. The van der Waals surface area contributed by atoms with Gasteiger partial charge in [-0.05, 0) is 33.1 Å². The standard InChI is InChI=1S/C18H36N6O3S.HI/c1-4-19-18(20-8-7-9-21-28(3,26)27)24-14-12-22(13-15-24)16(2)17(25)23-10-5-6-11-23;/h16,21H,4-15H2,1-3H3,(H,19,20);1H. The number of guanidine groups is 1. The van der Waals surface area contributed by atoms with Crippen molar-refractivity contribution in [1.29, 1.82) is 0 Å². The minimum atomic E-state index is -3.14. The lowest BCUT2D eigenvalue weighted by molar-refractivity contribution is -0.135. The first-order valence-corrected chi connectivity index (χ1v) is 12.2. The molecule has 170 valence electrons. The molecule has 11 heteroatoms. The van der Waals surface area contributed by atoms with Crippen LogP contribution in [0.1, 0.15) is 33.1 Å². The molecule has 1 amide bonds. The number of carbonyl (C=O) groups excluding carboxylic acids is 1. The monoisotopic (exact) mass is 544 g/mol. The first kappa shape index (κ1) is 26.4. The van der Waals surface area contributed by atoms with Gasteiger partial charge in [0.05, 0.1) is 12.3 Å². The maximum absolute atomic E-state index is 12.6. The number of sulfonamides is 1. The van der Waals surface area contributed by atoms with Crippen LogP contribution in [0.2, 0.25) is 0 Å². The number of aliphatic imine (C=N–C) groups is 1. The van der Waals surface area contributed by atoms with Gasteiger partial charge >= 0.3 is 0 Å². The number of rotatable bonds is 8. The van der Waals surface area contributed by atoms with Crippen molar-refractivity contribution in [1.82, 2.24) is 24.7 Å². The molecule has 2 N–H and O–H groups in total. The first-order chi connectivity index (χ1) is 13.3. The number of likely N-dealkylation sites (tertiary alicyclic amines) is 1. The van der Waals surface area contributed by atoms with E-state index in [9.17, 15) is 13.2 Å². The van der Waals surface area contributed by atoms with E-state index >= 15 is 0 Å². The molecular weight excluding hydrogens is 507 g/mol. The average molecular weight is 545 g/mol. The van der Waals surface area contributed by atoms with Gasteiger partial charge in [-0.3, -0.25) is 14.7 Å². The molecule has 0 aromatic rings. The van der Waals surface area contributed by atoms with Crippen LogP contribution in [0.5, 0.6) is 0 Å². The van der Waals surface area contributed by atoms with Crippen molar-refractivity contribution in [2.75, 3.05) is 65.2 Å². The summed E-state index contributed by atoms with van der Waals surface area (Å²) in [5, 5.41) is 3.31. The number of halogens is 1. The molecule has 0 aliphatic carbocycles. The van der Waals surface area contributed by atoms with Gasteiger partial charge in [-0.1, -0.05) is 0 Å². The van der Waals surface area contributed by atoms with Crippen LogP contribution >= 0.6 is 24.0 Å². The quantitative estimate of drug-likeness (QED) is 0.195. The fourth-order valence-corrected chi connectivity index (χ4v) is 4.14. The van der Waals surface area contributed by atoms with E-state index in [4.69, 9.17) is 0 Å². The zero-order valence-electron chi connectivity index (χ0n) is 17.9. The summed E-state index contributed by atoms with van der Waals surface area (Å²) in [6.45, 7) is 10.9. The Bertz CT molecular complexity index is 632. The lowest BCUT2D eigenvalue weighted by Gasteiger charge is -2.39. The van der Waals surface area contributed by atoms with Crippen LogP contribution < -0.4 is 10.0 Å². The topological polar surface area (TPSA) is 97.3 Å². The molecule has 29 heavy (non-hydrogen) atoms. The second-order valence-corrected chi connectivity index (χ2v) is 9.32. The molecular formula is C18H37IN6O3S. The summed E-state index contributed by atoms with van der Waals surface area (Å²) in [5.41, 5.74) is 0. The number of carbonyl (C=O) groups is 1. The van der Waals surface area contributed by atoms with Crippen LogP contribution in [0.15, 0.2) is 4.99 Å². The lowest BCUT2D eigenvalue weighted by atomic mass is 10.2. The van der Waals surface area contributed by atoms with Crippen LogP contribution in [0.4, 0.5) is 0 Å². The normalized spacial score (nSPS) is 19.8. The van der Waals surface area contributed by atoms with Gasteiger partial charge in [0.15, 0.2) is 5.96 Å². The number of nitrogens with one attached hydrogen (secondary N) is 2. The summed E-state index contributed by atoms with van der Waals surface area (Å²) in [7, 11) is -3.14. The smallest absolute Gasteiger partial charge is 0.239 e. The Balaban J connectivity index is 0.00000420. The van der Waals surface area contributed by atoms with Crippen LogP contribution in [0, 0.1) is 0 Å². The van der Waals surface area contributed by atoms with E-state index < -0.39 is 10.0 Å². The van der Waals surface area contributed by atoms with E-state index in [2.05, 4.69) is 24.8 Å². The van der Waals surface area contributed by atoms with E-state index in [1.807, 2.05) is 18.7 Å². The molecule has 2 aliphatic rings. The molecule has 2 saturated heterocycles. The summed E-state index contributed by atoms with van der Waals surface area (Å²) < 4.78 is 24.7. The zero-order chi connectivity index (χ0) is 20.6. The third-order valence-corrected chi connectivity index (χ3v) is 5.96. The van der Waals surface area contributed by atoms with Gasteiger partial charge < -0.3 is 15.1 Å². The molecule has 2 fully saturated rings. The molecule has 0 bridgehead atoms. The van der Waals surface area contributed by atoms with E-state index in [1.165, 1.54) is 0 Å². The minimum Gasteiger partial charge on any atom is -0.357 e. The Morgan fingerprint density at radius 3 is 2.24 bits per heavy atom. The van der Waals surface area contributed by atoms with Crippen LogP contribution in [0.3, 0.4) is 0 Å². The largest absolute Gasteiger partial charge is 0.357 e. The molecule has 2 aliphatic heterocycles. The second kappa shape index (κ2) is 12.9. The summed E-state index contributed by atoms with van der Waals surface area (Å²) in [6, 6.07) is -0.0677. The Kier molecular flexibility index (Phi) is 11.7. The molecule has 2 rings (SSSR count). The van der Waals surface area contributed by atoms with Crippen molar-refractivity contribution in [2.45, 2.75) is 39.2 Å². The summed E-state index contributed by atoms with van der Waals surface area (Å²) >= 11 is 0. The van der Waals surface area contributed by atoms with E-state index in [0.29, 0.717) is 19.5 Å². The van der Waals surface area contributed by atoms with Crippen molar-refractivity contribution in [3.8, 4) is 0 Å². The number of hydrogen-bond acceptors (Lipinski definition) is 5. The number of nitrogens with zero attached hydrogens (tertiary/aromatic N) is 4. The minimum absolute atomic E-state index is 0. The van der Waals surface area contributed by atoms with Gasteiger partial charge in [-0.15, -0.1) is 24.0 Å². The van der Waals surface area contributed by atoms with E-state index in [-0.39, 0.29) is 35.9 Å². The second-order valence-electron chi connectivity index (χ2n) is 7.49. The van der Waals surface area contributed by atoms with Gasteiger partial charge in [0.25, 0.3) is 0 Å². The molecule has 0 spiro atoms. The van der Waals surface area contributed by atoms with Crippen molar-refractivity contribution in [3.63, 3.8) is 0 Å². The molecule has 2 heterocycles. The van der Waals surface area contributed by atoms with Crippen molar-refractivity contribution >= 4 is 45.9 Å². The van der Waals surface area contributed by atoms with Gasteiger partial charge in [-0.25, -0.2) is 13.1 Å². The summed E-state index contributed by atoms with van der Waals surface area (Å²) in [4.78, 5) is 23.7. The molecule has 9 nitrogen and oxygen atoms in total. The average Bonchev–Trinajstić information content (AvgIpc) is 3.20. The maximum atomic E-state index is 12.6. The summed E-state index contributed by atoms with van der Waals surface area (Å²) in [6.07, 6.45) is 4.06. The van der Waals surface area contributed by atoms with Gasteiger partial charge in [0.2, 0.25) is 15.9 Å². The third-order valence-electron chi connectivity index (χ3n) is 5.23. The predicted octanol–water partition coefficient (Wildman–Crippen LogP) is 0.138. The molecule has 0 aromatic heterocycles. The molecule has 1 unspecified atom stereocenters. The van der Waals surface area contributed by atoms with E-state index in [1.54, 1.807) is 0 Å². The summed E-state index contributed by atoms with van der Waals surface area (Å²) in [5.74, 6) is 1.12. The van der Waals surface area contributed by atoms with Crippen LogP contribution in [-0.4, -0.2) is 106 Å². The molecule has 1 atom stereocenters.